The topological polar surface area (TPSA) is 15.3 Å². The molecule has 1 heterocycles. The van der Waals surface area contributed by atoms with E-state index in [0.29, 0.717) is 6.04 Å². The molecule has 1 rings (SSSR count). The van der Waals surface area contributed by atoms with Gasteiger partial charge in [0.05, 0.1) is 0 Å². The van der Waals surface area contributed by atoms with Crippen LogP contribution in [0.1, 0.15) is 13.8 Å². The number of hydrogen-bond donors (Lipinski definition) is 1. The van der Waals surface area contributed by atoms with Gasteiger partial charge in [-0.1, -0.05) is 6.58 Å². The van der Waals surface area contributed by atoms with Crippen LogP contribution in [0, 0.1) is 0 Å². The molecule has 0 aromatic carbocycles. The molecule has 1 aliphatic rings. The van der Waals surface area contributed by atoms with Crippen LogP contribution in [-0.2, 0) is 0 Å². The van der Waals surface area contributed by atoms with Gasteiger partial charge in [0.2, 0.25) is 0 Å². The Bertz CT molecular complexity index is 129. The SMILES string of the molecule is C=C1CN(C(C)C)CCN1. The van der Waals surface area contributed by atoms with E-state index in [4.69, 9.17) is 0 Å². The monoisotopic (exact) mass is 140 g/mol. The lowest BCUT2D eigenvalue weighted by Crippen LogP contribution is -2.44. The number of nitrogens with one attached hydrogen (secondary N) is 1. The van der Waals surface area contributed by atoms with E-state index in [9.17, 15) is 0 Å². The summed E-state index contributed by atoms with van der Waals surface area (Å²) in [5.74, 6) is 0. The van der Waals surface area contributed by atoms with Crippen molar-refractivity contribution in [1.82, 2.24) is 10.2 Å². The zero-order chi connectivity index (χ0) is 7.56. The maximum Gasteiger partial charge on any atom is 0.0379 e. The highest BCUT2D eigenvalue weighted by atomic mass is 15.2. The minimum atomic E-state index is 0.652. The van der Waals surface area contributed by atoms with Crippen molar-refractivity contribution in [3.05, 3.63) is 12.3 Å². The Morgan fingerprint density at radius 2 is 2.30 bits per heavy atom. The zero-order valence-electron chi connectivity index (χ0n) is 6.85. The van der Waals surface area contributed by atoms with E-state index in [-0.39, 0.29) is 0 Å². The molecule has 0 aromatic rings. The molecule has 0 aromatic heterocycles. The summed E-state index contributed by atoms with van der Waals surface area (Å²) in [7, 11) is 0. The summed E-state index contributed by atoms with van der Waals surface area (Å²) < 4.78 is 0. The second-order valence-corrected chi connectivity index (χ2v) is 3.09. The smallest absolute Gasteiger partial charge is 0.0379 e. The first kappa shape index (κ1) is 7.61. The van der Waals surface area contributed by atoms with Crippen molar-refractivity contribution in [3.63, 3.8) is 0 Å². The molecule has 0 spiro atoms. The molecule has 0 bridgehead atoms. The molecule has 1 fully saturated rings. The molecule has 1 N–H and O–H groups in total. The molecule has 0 unspecified atom stereocenters. The first-order valence-electron chi connectivity index (χ1n) is 3.86. The van der Waals surface area contributed by atoms with Gasteiger partial charge in [-0.3, -0.25) is 4.90 Å². The van der Waals surface area contributed by atoms with Crippen molar-refractivity contribution < 1.29 is 0 Å². The van der Waals surface area contributed by atoms with Gasteiger partial charge < -0.3 is 5.32 Å². The van der Waals surface area contributed by atoms with Gasteiger partial charge in [-0.05, 0) is 13.8 Å². The highest BCUT2D eigenvalue weighted by molar-refractivity contribution is 4.98. The molecule has 2 heteroatoms. The van der Waals surface area contributed by atoms with Crippen molar-refractivity contribution in [2.24, 2.45) is 0 Å². The van der Waals surface area contributed by atoms with Crippen molar-refractivity contribution in [1.29, 1.82) is 0 Å². The Kier molecular flexibility index (Phi) is 2.33. The van der Waals surface area contributed by atoms with E-state index in [1.807, 2.05) is 0 Å². The fourth-order valence-corrected chi connectivity index (χ4v) is 1.20. The largest absolute Gasteiger partial charge is 0.386 e. The van der Waals surface area contributed by atoms with Crippen LogP contribution < -0.4 is 5.32 Å². The van der Waals surface area contributed by atoms with Crippen LogP contribution in [-0.4, -0.2) is 30.6 Å². The van der Waals surface area contributed by atoms with Gasteiger partial charge in [0.1, 0.15) is 0 Å². The number of piperazine rings is 1. The van der Waals surface area contributed by atoms with Crippen molar-refractivity contribution in [2.45, 2.75) is 19.9 Å². The first-order chi connectivity index (χ1) is 4.70. The number of hydrogen-bond acceptors (Lipinski definition) is 2. The van der Waals surface area contributed by atoms with Crippen molar-refractivity contribution in [3.8, 4) is 0 Å². The van der Waals surface area contributed by atoms with Gasteiger partial charge in [-0.25, -0.2) is 0 Å². The van der Waals surface area contributed by atoms with Gasteiger partial charge in [-0.2, -0.15) is 0 Å². The summed E-state index contributed by atoms with van der Waals surface area (Å²) in [4.78, 5) is 2.42. The lowest BCUT2D eigenvalue weighted by atomic mass is 10.2. The second-order valence-electron chi connectivity index (χ2n) is 3.09. The third-order valence-corrected chi connectivity index (χ3v) is 1.90. The van der Waals surface area contributed by atoms with Crippen LogP contribution in [0.3, 0.4) is 0 Å². The molecule has 0 saturated carbocycles. The third kappa shape index (κ3) is 1.74. The van der Waals surface area contributed by atoms with Gasteiger partial charge in [0.25, 0.3) is 0 Å². The fourth-order valence-electron chi connectivity index (χ4n) is 1.20. The Morgan fingerprint density at radius 1 is 1.60 bits per heavy atom. The van der Waals surface area contributed by atoms with Gasteiger partial charge in [0.15, 0.2) is 0 Å². The van der Waals surface area contributed by atoms with E-state index in [1.54, 1.807) is 0 Å². The Hall–Kier alpha value is -0.500. The summed E-state index contributed by atoms with van der Waals surface area (Å²) >= 11 is 0. The molecule has 1 saturated heterocycles. The van der Waals surface area contributed by atoms with Crippen LogP contribution in [0.2, 0.25) is 0 Å². The van der Waals surface area contributed by atoms with Gasteiger partial charge in [-0.15, -0.1) is 0 Å². The lowest BCUT2D eigenvalue weighted by molar-refractivity contribution is 0.218. The summed E-state index contributed by atoms with van der Waals surface area (Å²) in [5, 5.41) is 3.23. The number of rotatable bonds is 1. The molecule has 0 radical (unpaired) electrons. The highest BCUT2D eigenvalue weighted by Crippen LogP contribution is 2.03. The standard InChI is InChI=1S/C8H16N2/c1-7(2)10-5-4-9-8(3)6-10/h7,9H,3-6H2,1-2H3. The quantitative estimate of drug-likeness (QED) is 0.580. The average molecular weight is 140 g/mol. The Morgan fingerprint density at radius 3 is 2.70 bits per heavy atom. The van der Waals surface area contributed by atoms with E-state index in [0.717, 1.165) is 25.3 Å². The van der Waals surface area contributed by atoms with Crippen LogP contribution in [0.5, 0.6) is 0 Å². The van der Waals surface area contributed by atoms with Crippen molar-refractivity contribution >= 4 is 0 Å². The third-order valence-electron chi connectivity index (χ3n) is 1.90. The molecule has 2 nitrogen and oxygen atoms in total. The first-order valence-corrected chi connectivity index (χ1v) is 3.86. The molecule has 0 amide bonds. The molecule has 10 heavy (non-hydrogen) atoms. The van der Waals surface area contributed by atoms with Gasteiger partial charge in [0, 0.05) is 31.4 Å². The molecule has 58 valence electrons. The molecular formula is C8H16N2. The molecule has 0 aliphatic carbocycles. The van der Waals surface area contributed by atoms with Crippen LogP contribution in [0.25, 0.3) is 0 Å². The van der Waals surface area contributed by atoms with E-state index in [1.165, 1.54) is 0 Å². The van der Waals surface area contributed by atoms with Crippen LogP contribution >= 0.6 is 0 Å². The minimum absolute atomic E-state index is 0.652. The predicted octanol–water partition coefficient (Wildman–Crippen LogP) is 0.814. The van der Waals surface area contributed by atoms with Crippen LogP contribution in [0.15, 0.2) is 12.3 Å². The lowest BCUT2D eigenvalue weighted by Gasteiger charge is -2.32. The van der Waals surface area contributed by atoms with Crippen LogP contribution in [0.4, 0.5) is 0 Å². The summed E-state index contributed by atoms with van der Waals surface area (Å²) in [6.45, 7) is 11.5. The number of nitrogens with zero attached hydrogens (tertiary/aromatic N) is 1. The highest BCUT2D eigenvalue weighted by Gasteiger charge is 2.13. The molecular weight excluding hydrogens is 124 g/mol. The Labute approximate surface area is 62.9 Å². The average Bonchev–Trinajstić information content (AvgIpc) is 1.88. The predicted molar refractivity (Wildman–Crippen MR) is 43.9 cm³/mol. The Balaban J connectivity index is 2.39. The van der Waals surface area contributed by atoms with E-state index in [2.05, 4.69) is 30.6 Å². The second kappa shape index (κ2) is 3.06. The normalized spacial score (nSPS) is 21.3. The summed E-state index contributed by atoms with van der Waals surface area (Å²) in [6.07, 6.45) is 0. The van der Waals surface area contributed by atoms with E-state index < -0.39 is 0 Å². The van der Waals surface area contributed by atoms with Gasteiger partial charge >= 0.3 is 0 Å². The maximum atomic E-state index is 3.89. The molecule has 1 aliphatic heterocycles. The minimum Gasteiger partial charge on any atom is -0.386 e. The van der Waals surface area contributed by atoms with E-state index >= 15 is 0 Å². The summed E-state index contributed by atoms with van der Waals surface area (Å²) in [5.41, 5.74) is 1.15. The summed E-state index contributed by atoms with van der Waals surface area (Å²) in [6, 6.07) is 0.652. The van der Waals surface area contributed by atoms with Crippen molar-refractivity contribution in [2.75, 3.05) is 19.6 Å². The molecule has 0 atom stereocenters. The fraction of sp³-hybridized carbons (Fsp3) is 0.750. The zero-order valence-corrected chi connectivity index (χ0v) is 6.85. The maximum absolute atomic E-state index is 3.89.